The second-order valence-electron chi connectivity index (χ2n) is 3.98. The molecule has 6 nitrogen and oxygen atoms in total. The number of amides is 2. The second kappa shape index (κ2) is 4.12. The van der Waals surface area contributed by atoms with Crippen molar-refractivity contribution in [3.05, 3.63) is 18.5 Å². The minimum absolute atomic E-state index is 0. The van der Waals surface area contributed by atoms with Gasteiger partial charge in [0.25, 0.3) is 0 Å². The van der Waals surface area contributed by atoms with E-state index in [1.165, 1.54) is 6.33 Å². The molecule has 1 fully saturated rings. The van der Waals surface area contributed by atoms with Crippen LogP contribution in [-0.4, -0.2) is 27.0 Å². The van der Waals surface area contributed by atoms with Crippen LogP contribution >= 0.6 is 0 Å². The number of aromatic nitrogens is 3. The van der Waals surface area contributed by atoms with Crippen LogP contribution in [0.25, 0.3) is 0 Å². The molecule has 1 aromatic heterocycles. The van der Waals surface area contributed by atoms with E-state index in [-0.39, 0.29) is 37.0 Å². The van der Waals surface area contributed by atoms with Crippen molar-refractivity contribution in [2.75, 3.05) is 4.90 Å². The molecule has 2 aliphatic rings. The highest BCUT2D eigenvalue weighted by Crippen LogP contribution is 2.36. The Labute approximate surface area is 98.7 Å². The molecule has 0 aromatic carbocycles. The van der Waals surface area contributed by atoms with Crippen LogP contribution in [0.5, 0.6) is 0 Å². The Balaban J connectivity index is 0.00000108. The van der Waals surface area contributed by atoms with Crippen molar-refractivity contribution in [1.29, 1.82) is 0 Å². The number of anilines is 1. The van der Waals surface area contributed by atoms with Crippen LogP contribution in [0.15, 0.2) is 18.5 Å². The van der Waals surface area contributed by atoms with Crippen molar-refractivity contribution in [2.24, 2.45) is 11.8 Å². The molecule has 1 aliphatic carbocycles. The fourth-order valence-electron chi connectivity index (χ4n) is 2.32. The van der Waals surface area contributed by atoms with Gasteiger partial charge < -0.3 is 0 Å². The third kappa shape index (κ3) is 1.56. The number of allylic oxidation sites excluding steroid dienone is 2. The molecule has 90 valence electrons. The number of nitrogens with one attached hydrogen (secondary N) is 1. The van der Waals surface area contributed by atoms with Crippen molar-refractivity contribution in [2.45, 2.75) is 20.3 Å². The van der Waals surface area contributed by atoms with Crippen molar-refractivity contribution >= 4 is 17.8 Å². The number of nitrogens with zero attached hydrogens (tertiary/aromatic N) is 3. The normalized spacial score (nSPS) is 26.9. The molecule has 0 saturated carbocycles. The first kappa shape index (κ1) is 11.5. The maximum absolute atomic E-state index is 12.0. The number of fused-ring (bicyclic) bond motifs is 1. The summed E-state index contributed by atoms with van der Waals surface area (Å²) >= 11 is 0. The van der Waals surface area contributed by atoms with Crippen molar-refractivity contribution in [3.8, 4) is 0 Å². The maximum Gasteiger partial charge on any atom is 0.240 e. The summed E-state index contributed by atoms with van der Waals surface area (Å²) in [6.07, 6.45) is 6.47. The number of H-pyrrole nitrogens is 1. The molecule has 0 bridgehead atoms. The highest BCUT2D eigenvalue weighted by Gasteiger charge is 2.48. The second-order valence-corrected chi connectivity index (χ2v) is 3.98. The average molecular weight is 234 g/mol. The molecule has 1 aromatic rings. The van der Waals surface area contributed by atoms with E-state index in [1.54, 1.807) is 0 Å². The summed E-state index contributed by atoms with van der Waals surface area (Å²) in [5, 5.41) is 6.21. The van der Waals surface area contributed by atoms with E-state index in [4.69, 9.17) is 0 Å². The van der Waals surface area contributed by atoms with E-state index < -0.39 is 0 Å². The molecule has 1 N–H and O–H groups in total. The number of aromatic amines is 1. The lowest BCUT2D eigenvalue weighted by Crippen LogP contribution is -2.31. The van der Waals surface area contributed by atoms with Gasteiger partial charge in [0, 0.05) is 0 Å². The molecule has 2 amide bonds. The van der Waals surface area contributed by atoms with Gasteiger partial charge in [0.2, 0.25) is 17.8 Å². The standard InChI is InChI=1S/C10H10N4O2.CH4/c15-8-6-3-1-2-4-7(6)9(16)14(8)10-11-5-12-13-10;/h1-2,5-7H,3-4H2,(H,11,12,13);1H4. The molecule has 2 atom stereocenters. The molecule has 3 rings (SSSR count). The molecule has 1 aliphatic heterocycles. The van der Waals surface area contributed by atoms with Crippen molar-refractivity contribution in [3.63, 3.8) is 0 Å². The minimum Gasteiger partial charge on any atom is -0.274 e. The van der Waals surface area contributed by atoms with Gasteiger partial charge in [0.1, 0.15) is 6.33 Å². The number of hydrogen-bond donors (Lipinski definition) is 1. The van der Waals surface area contributed by atoms with Gasteiger partial charge >= 0.3 is 0 Å². The fourth-order valence-corrected chi connectivity index (χ4v) is 2.32. The smallest absolute Gasteiger partial charge is 0.240 e. The van der Waals surface area contributed by atoms with E-state index in [2.05, 4.69) is 15.2 Å². The topological polar surface area (TPSA) is 79.0 Å². The van der Waals surface area contributed by atoms with Gasteiger partial charge in [-0.25, -0.2) is 10.00 Å². The van der Waals surface area contributed by atoms with Gasteiger partial charge in [-0.3, -0.25) is 9.59 Å². The monoisotopic (exact) mass is 234 g/mol. The summed E-state index contributed by atoms with van der Waals surface area (Å²) in [6.45, 7) is 0. The van der Waals surface area contributed by atoms with Crippen LogP contribution in [0.3, 0.4) is 0 Å². The number of carbonyl (C=O) groups excluding carboxylic acids is 2. The van der Waals surface area contributed by atoms with Crippen LogP contribution in [0.1, 0.15) is 20.3 Å². The van der Waals surface area contributed by atoms with E-state index in [0.717, 1.165) is 4.90 Å². The van der Waals surface area contributed by atoms with Crippen molar-refractivity contribution < 1.29 is 9.59 Å². The van der Waals surface area contributed by atoms with E-state index in [1.807, 2.05) is 12.2 Å². The first-order valence-electron chi connectivity index (χ1n) is 5.17. The van der Waals surface area contributed by atoms with E-state index in [9.17, 15) is 9.59 Å². The van der Waals surface area contributed by atoms with Crippen LogP contribution in [-0.2, 0) is 9.59 Å². The predicted octanol–water partition coefficient (Wildman–Crippen LogP) is 0.896. The minimum atomic E-state index is -0.220. The van der Waals surface area contributed by atoms with E-state index >= 15 is 0 Å². The summed E-state index contributed by atoms with van der Waals surface area (Å²) in [5.74, 6) is -0.554. The van der Waals surface area contributed by atoms with Gasteiger partial charge in [-0.2, -0.15) is 10.1 Å². The summed E-state index contributed by atoms with van der Waals surface area (Å²) in [4.78, 5) is 29.0. The summed E-state index contributed by atoms with van der Waals surface area (Å²) in [6, 6.07) is 0. The number of carbonyl (C=O) groups is 2. The average Bonchev–Trinajstić information content (AvgIpc) is 2.89. The Kier molecular flexibility index (Phi) is 2.79. The zero-order valence-corrected chi connectivity index (χ0v) is 8.46. The predicted molar refractivity (Wildman–Crippen MR) is 61.0 cm³/mol. The lowest BCUT2D eigenvalue weighted by atomic mass is 9.85. The van der Waals surface area contributed by atoms with Gasteiger partial charge in [-0.05, 0) is 12.8 Å². The maximum atomic E-state index is 12.0. The summed E-state index contributed by atoms with van der Waals surface area (Å²) in [5.41, 5.74) is 0. The van der Waals surface area contributed by atoms with Gasteiger partial charge in [0.05, 0.1) is 11.8 Å². The molecular weight excluding hydrogens is 220 g/mol. The largest absolute Gasteiger partial charge is 0.274 e. The van der Waals surface area contributed by atoms with E-state index in [0.29, 0.717) is 12.8 Å². The molecular formula is C11H14N4O2. The van der Waals surface area contributed by atoms with Crippen LogP contribution in [0.4, 0.5) is 5.95 Å². The Morgan fingerprint density at radius 3 is 2.24 bits per heavy atom. The highest BCUT2D eigenvalue weighted by molar-refractivity contribution is 6.21. The molecule has 17 heavy (non-hydrogen) atoms. The quantitative estimate of drug-likeness (QED) is 0.578. The Morgan fingerprint density at radius 1 is 1.18 bits per heavy atom. The Bertz CT molecular complexity index is 440. The fraction of sp³-hybridized carbons (Fsp3) is 0.455. The zero-order valence-electron chi connectivity index (χ0n) is 8.46. The number of imide groups is 1. The van der Waals surface area contributed by atoms with Crippen LogP contribution in [0, 0.1) is 11.8 Å². The van der Waals surface area contributed by atoms with Crippen molar-refractivity contribution in [1.82, 2.24) is 15.2 Å². The molecule has 0 radical (unpaired) electrons. The summed E-state index contributed by atoms with van der Waals surface area (Å²) < 4.78 is 0. The van der Waals surface area contributed by atoms with Gasteiger partial charge in [-0.1, -0.05) is 19.6 Å². The lowest BCUT2D eigenvalue weighted by molar-refractivity contribution is -0.122. The molecule has 2 heterocycles. The SMILES string of the molecule is C.O=C1C2CC=CCC2C(=O)N1c1ncn[nH]1. The first-order chi connectivity index (χ1) is 7.79. The molecule has 2 unspecified atom stereocenters. The van der Waals surface area contributed by atoms with Gasteiger partial charge in [-0.15, -0.1) is 0 Å². The third-order valence-corrected chi connectivity index (χ3v) is 3.12. The Hall–Kier alpha value is -1.98. The zero-order chi connectivity index (χ0) is 11.1. The third-order valence-electron chi connectivity index (χ3n) is 3.12. The molecule has 0 spiro atoms. The Morgan fingerprint density at radius 2 is 1.76 bits per heavy atom. The highest BCUT2D eigenvalue weighted by atomic mass is 16.2. The molecule has 6 heteroatoms. The van der Waals surface area contributed by atoms with Crippen LogP contribution in [0.2, 0.25) is 0 Å². The van der Waals surface area contributed by atoms with Gasteiger partial charge in [0.15, 0.2) is 0 Å². The summed E-state index contributed by atoms with van der Waals surface area (Å²) in [7, 11) is 0. The first-order valence-corrected chi connectivity index (χ1v) is 5.17. The number of hydrogen-bond acceptors (Lipinski definition) is 4. The molecule has 1 saturated heterocycles. The number of rotatable bonds is 1. The lowest BCUT2D eigenvalue weighted by Gasteiger charge is -2.14. The van der Waals surface area contributed by atoms with Crippen LogP contribution < -0.4 is 4.90 Å².